The van der Waals surface area contributed by atoms with Crippen LogP contribution < -0.4 is 0 Å². The summed E-state index contributed by atoms with van der Waals surface area (Å²) in [6.45, 7) is 1.08. The van der Waals surface area contributed by atoms with E-state index in [1.807, 2.05) is 24.3 Å². The molecule has 0 bridgehead atoms. The van der Waals surface area contributed by atoms with Gasteiger partial charge >= 0.3 is 0 Å². The lowest BCUT2D eigenvalue weighted by atomic mass is 9.91. The summed E-state index contributed by atoms with van der Waals surface area (Å²) in [4.78, 5) is 0.211. The molecule has 3 rings (SSSR count). The third kappa shape index (κ3) is 3.66. The van der Waals surface area contributed by atoms with Crippen LogP contribution in [0.4, 0.5) is 0 Å². The molecule has 0 amide bonds. The summed E-state index contributed by atoms with van der Waals surface area (Å²) in [5, 5.41) is 8.95. The highest BCUT2D eigenvalue weighted by atomic mass is 32.2. The summed E-state index contributed by atoms with van der Waals surface area (Å²) < 4.78 is 27.0. The number of rotatable bonds is 4. The number of nitrogens with zero attached hydrogens (tertiary/aromatic N) is 2. The van der Waals surface area contributed by atoms with Crippen molar-refractivity contribution in [2.45, 2.75) is 24.2 Å². The highest BCUT2D eigenvalue weighted by Crippen LogP contribution is 2.26. The molecule has 124 valence electrons. The van der Waals surface area contributed by atoms with E-state index in [1.165, 1.54) is 11.6 Å². The fourth-order valence-electron chi connectivity index (χ4n) is 3.18. The predicted octanol–water partition coefficient (Wildman–Crippen LogP) is 3.20. The zero-order chi connectivity index (χ0) is 17.0. The third-order valence-corrected chi connectivity index (χ3v) is 6.44. The highest BCUT2D eigenvalue weighted by Gasteiger charge is 2.29. The van der Waals surface area contributed by atoms with E-state index in [0.29, 0.717) is 24.6 Å². The van der Waals surface area contributed by atoms with E-state index < -0.39 is 10.0 Å². The molecule has 1 aliphatic heterocycles. The molecule has 0 unspecified atom stereocenters. The van der Waals surface area contributed by atoms with Gasteiger partial charge in [0.05, 0.1) is 16.5 Å². The summed E-state index contributed by atoms with van der Waals surface area (Å²) in [7, 11) is -3.51. The number of nitriles is 1. The van der Waals surface area contributed by atoms with Gasteiger partial charge in [-0.05, 0) is 48.9 Å². The second kappa shape index (κ2) is 7.16. The van der Waals surface area contributed by atoms with Crippen LogP contribution in [0.1, 0.15) is 24.0 Å². The average molecular weight is 340 g/mol. The largest absolute Gasteiger partial charge is 0.243 e. The number of benzene rings is 2. The van der Waals surface area contributed by atoms with E-state index in [2.05, 4.69) is 12.1 Å². The summed E-state index contributed by atoms with van der Waals surface area (Å²) in [6.07, 6.45) is 2.73. The lowest BCUT2D eigenvalue weighted by Crippen LogP contribution is -2.38. The molecule has 0 atom stereocenters. The Balaban J connectivity index is 1.66. The molecule has 0 spiro atoms. The Morgan fingerprint density at radius 2 is 1.75 bits per heavy atom. The van der Waals surface area contributed by atoms with Gasteiger partial charge in [-0.25, -0.2) is 8.42 Å². The van der Waals surface area contributed by atoms with Crippen LogP contribution in [0.2, 0.25) is 0 Å². The van der Waals surface area contributed by atoms with Crippen LogP contribution >= 0.6 is 0 Å². The molecular formula is C19H20N2O2S. The van der Waals surface area contributed by atoms with Crippen LogP contribution in [0.25, 0.3) is 0 Å². The molecule has 1 aliphatic rings. The molecule has 2 aromatic carbocycles. The van der Waals surface area contributed by atoms with Crippen LogP contribution in [0.3, 0.4) is 0 Å². The van der Waals surface area contributed by atoms with Crippen molar-refractivity contribution in [1.82, 2.24) is 4.31 Å². The Morgan fingerprint density at radius 3 is 2.42 bits per heavy atom. The van der Waals surface area contributed by atoms with Gasteiger partial charge in [-0.3, -0.25) is 0 Å². The second-order valence-electron chi connectivity index (χ2n) is 6.18. The van der Waals surface area contributed by atoms with Crippen molar-refractivity contribution in [3.8, 4) is 6.07 Å². The molecular weight excluding hydrogens is 320 g/mol. The molecule has 1 fully saturated rings. The average Bonchev–Trinajstić information content (AvgIpc) is 2.63. The maximum absolute atomic E-state index is 12.7. The fourth-order valence-corrected chi connectivity index (χ4v) is 4.69. The molecule has 0 N–H and O–H groups in total. The number of hydrogen-bond donors (Lipinski definition) is 0. The first-order valence-electron chi connectivity index (χ1n) is 8.14. The quantitative estimate of drug-likeness (QED) is 0.859. The first-order chi connectivity index (χ1) is 11.6. The Bertz CT molecular complexity index is 833. The Kier molecular flexibility index (Phi) is 4.98. The normalized spacial score (nSPS) is 16.6. The maximum atomic E-state index is 12.7. The van der Waals surface area contributed by atoms with Gasteiger partial charge in [-0.1, -0.05) is 36.4 Å². The first-order valence-corrected chi connectivity index (χ1v) is 9.58. The van der Waals surface area contributed by atoms with Crippen molar-refractivity contribution in [1.29, 1.82) is 5.26 Å². The minimum atomic E-state index is -3.51. The van der Waals surface area contributed by atoms with Gasteiger partial charge in [0.15, 0.2) is 0 Å². The molecule has 0 saturated carbocycles. The Hall–Kier alpha value is -2.16. The lowest BCUT2D eigenvalue weighted by molar-refractivity contribution is 0.273. The van der Waals surface area contributed by atoms with Crippen LogP contribution in [-0.4, -0.2) is 25.8 Å². The molecule has 2 aromatic rings. The van der Waals surface area contributed by atoms with Crippen molar-refractivity contribution in [2.24, 2.45) is 5.92 Å². The van der Waals surface area contributed by atoms with Gasteiger partial charge in [0.1, 0.15) is 0 Å². The van der Waals surface area contributed by atoms with Gasteiger partial charge in [-0.15, -0.1) is 0 Å². The minimum Gasteiger partial charge on any atom is -0.207 e. The zero-order valence-electron chi connectivity index (χ0n) is 13.4. The summed E-state index contributed by atoms with van der Waals surface area (Å²) in [5.41, 5.74) is 1.68. The molecule has 4 nitrogen and oxygen atoms in total. The Labute approximate surface area is 143 Å². The Morgan fingerprint density at radius 1 is 1.04 bits per heavy atom. The minimum absolute atomic E-state index is 0.211. The van der Waals surface area contributed by atoms with Crippen LogP contribution in [-0.2, 0) is 16.4 Å². The van der Waals surface area contributed by atoms with Crippen LogP contribution in [0, 0.1) is 17.2 Å². The van der Waals surface area contributed by atoms with Gasteiger partial charge in [0.25, 0.3) is 0 Å². The lowest BCUT2D eigenvalue weighted by Gasteiger charge is -2.31. The summed E-state index contributed by atoms with van der Waals surface area (Å²) >= 11 is 0. The molecule has 1 saturated heterocycles. The van der Waals surface area contributed by atoms with E-state index in [1.54, 1.807) is 22.5 Å². The topological polar surface area (TPSA) is 61.2 Å². The fraction of sp³-hybridized carbons (Fsp3) is 0.316. The highest BCUT2D eigenvalue weighted by molar-refractivity contribution is 7.89. The van der Waals surface area contributed by atoms with Gasteiger partial charge < -0.3 is 0 Å². The molecule has 24 heavy (non-hydrogen) atoms. The van der Waals surface area contributed by atoms with Crippen LogP contribution in [0.15, 0.2) is 59.5 Å². The SMILES string of the molecule is N#Cc1cccc(S(=O)(=O)N2CCC(Cc3ccccc3)CC2)c1. The maximum Gasteiger partial charge on any atom is 0.243 e. The van der Waals surface area contributed by atoms with Crippen molar-refractivity contribution in [3.63, 3.8) is 0 Å². The molecule has 1 heterocycles. The molecule has 5 heteroatoms. The van der Waals surface area contributed by atoms with Crippen molar-refractivity contribution >= 4 is 10.0 Å². The van der Waals surface area contributed by atoms with E-state index >= 15 is 0 Å². The van der Waals surface area contributed by atoms with E-state index in [4.69, 9.17) is 5.26 Å². The van der Waals surface area contributed by atoms with E-state index in [9.17, 15) is 8.42 Å². The van der Waals surface area contributed by atoms with Gasteiger partial charge in [0, 0.05) is 13.1 Å². The van der Waals surface area contributed by atoms with Crippen LogP contribution in [0.5, 0.6) is 0 Å². The van der Waals surface area contributed by atoms with E-state index in [0.717, 1.165) is 19.3 Å². The number of sulfonamides is 1. The standard InChI is InChI=1S/C19H20N2O2S/c20-15-18-7-4-8-19(14-18)24(22,23)21-11-9-17(10-12-21)13-16-5-2-1-3-6-16/h1-8,14,17H,9-13H2. The van der Waals surface area contributed by atoms with Crippen molar-refractivity contribution < 1.29 is 8.42 Å². The smallest absolute Gasteiger partial charge is 0.207 e. The summed E-state index contributed by atoms with van der Waals surface area (Å²) in [5.74, 6) is 0.518. The summed E-state index contributed by atoms with van der Waals surface area (Å²) in [6, 6.07) is 18.6. The predicted molar refractivity (Wildman–Crippen MR) is 92.8 cm³/mol. The van der Waals surface area contributed by atoms with Gasteiger partial charge in [0.2, 0.25) is 10.0 Å². The molecule has 0 aromatic heterocycles. The van der Waals surface area contributed by atoms with E-state index in [-0.39, 0.29) is 4.90 Å². The number of hydrogen-bond acceptors (Lipinski definition) is 3. The molecule has 0 aliphatic carbocycles. The van der Waals surface area contributed by atoms with Crippen molar-refractivity contribution in [2.75, 3.05) is 13.1 Å². The second-order valence-corrected chi connectivity index (χ2v) is 8.11. The zero-order valence-corrected chi connectivity index (χ0v) is 14.2. The van der Waals surface area contributed by atoms with Gasteiger partial charge in [-0.2, -0.15) is 9.57 Å². The molecule has 0 radical (unpaired) electrons. The third-order valence-electron chi connectivity index (χ3n) is 4.54. The van der Waals surface area contributed by atoms with Crippen molar-refractivity contribution in [3.05, 3.63) is 65.7 Å². The number of piperidine rings is 1. The first kappa shape index (κ1) is 16.7. The monoisotopic (exact) mass is 340 g/mol.